The lowest BCUT2D eigenvalue weighted by atomic mass is 10.2. The van der Waals surface area contributed by atoms with Gasteiger partial charge in [-0.3, -0.25) is 4.98 Å². The van der Waals surface area contributed by atoms with Gasteiger partial charge in [0.15, 0.2) is 0 Å². The van der Waals surface area contributed by atoms with Crippen LogP contribution < -0.4 is 4.72 Å². The topological polar surface area (TPSA) is 59.1 Å². The Morgan fingerprint density at radius 3 is 2.50 bits per heavy atom. The van der Waals surface area contributed by atoms with Crippen LogP contribution in [-0.2, 0) is 23.0 Å². The summed E-state index contributed by atoms with van der Waals surface area (Å²) in [4.78, 5) is 3.91. The third-order valence-corrected chi connectivity index (χ3v) is 4.95. The molecule has 20 heavy (non-hydrogen) atoms. The highest BCUT2D eigenvalue weighted by atomic mass is 79.9. The highest BCUT2D eigenvalue weighted by Crippen LogP contribution is 2.15. The number of pyridine rings is 1. The summed E-state index contributed by atoms with van der Waals surface area (Å²) in [5.74, 6) is 0.0709. The Bertz CT molecular complexity index is 660. The Morgan fingerprint density at radius 1 is 1.10 bits per heavy atom. The fourth-order valence-corrected chi connectivity index (χ4v) is 3.15. The van der Waals surface area contributed by atoms with Crippen LogP contribution in [0.5, 0.6) is 0 Å². The van der Waals surface area contributed by atoms with Crippen LogP contribution in [0.2, 0.25) is 0 Å². The second-order valence-corrected chi connectivity index (χ2v) is 7.12. The summed E-state index contributed by atoms with van der Waals surface area (Å²) in [7, 11) is -3.29. The molecule has 0 aliphatic rings. The molecule has 0 spiro atoms. The molecule has 0 fully saturated rings. The predicted octanol–water partition coefficient (Wildman–Crippen LogP) is 2.51. The van der Waals surface area contributed by atoms with Gasteiger partial charge in [0.05, 0.1) is 5.75 Å². The number of rotatable bonds is 6. The number of hydrogen-bond donors (Lipinski definition) is 1. The number of hydrogen-bond acceptors (Lipinski definition) is 3. The maximum atomic E-state index is 11.9. The zero-order chi connectivity index (χ0) is 14.4. The fraction of sp³-hybridized carbons (Fsp3) is 0.214. The summed E-state index contributed by atoms with van der Waals surface area (Å²) < 4.78 is 27.4. The van der Waals surface area contributed by atoms with E-state index in [1.165, 1.54) is 0 Å². The summed E-state index contributed by atoms with van der Waals surface area (Å²) in [5.41, 5.74) is 1.88. The van der Waals surface area contributed by atoms with Crippen molar-refractivity contribution in [3.05, 3.63) is 64.4 Å². The number of nitrogens with one attached hydrogen (secondary N) is 1. The molecule has 106 valence electrons. The standard InChI is InChI=1S/C14H15BrN2O2S/c15-14-4-2-1-3-13(14)11-17-20(18,19)10-7-12-5-8-16-9-6-12/h1-6,8-9,17H,7,10-11H2. The summed E-state index contributed by atoms with van der Waals surface area (Å²) in [6, 6.07) is 11.2. The van der Waals surface area contributed by atoms with Crippen LogP contribution in [0.15, 0.2) is 53.3 Å². The van der Waals surface area contributed by atoms with Crippen molar-refractivity contribution in [1.82, 2.24) is 9.71 Å². The van der Waals surface area contributed by atoms with Gasteiger partial charge in [-0.15, -0.1) is 0 Å². The third-order valence-electron chi connectivity index (χ3n) is 2.85. The number of sulfonamides is 1. The Hall–Kier alpha value is -1.24. The molecule has 0 unspecified atom stereocenters. The molecule has 0 radical (unpaired) electrons. The first kappa shape index (κ1) is 15.2. The average molecular weight is 355 g/mol. The molecular weight excluding hydrogens is 340 g/mol. The van der Waals surface area contributed by atoms with Gasteiger partial charge >= 0.3 is 0 Å². The van der Waals surface area contributed by atoms with Gasteiger partial charge in [0, 0.05) is 23.4 Å². The van der Waals surface area contributed by atoms with Crippen molar-refractivity contribution < 1.29 is 8.42 Å². The molecule has 0 atom stereocenters. The van der Waals surface area contributed by atoms with E-state index in [1.807, 2.05) is 36.4 Å². The van der Waals surface area contributed by atoms with Crippen molar-refractivity contribution in [2.45, 2.75) is 13.0 Å². The summed E-state index contributed by atoms with van der Waals surface area (Å²) in [5, 5.41) is 0. The van der Waals surface area contributed by atoms with Crippen LogP contribution >= 0.6 is 15.9 Å². The second-order valence-electron chi connectivity index (χ2n) is 4.34. The quantitative estimate of drug-likeness (QED) is 0.866. The van der Waals surface area contributed by atoms with E-state index in [-0.39, 0.29) is 5.75 Å². The lowest BCUT2D eigenvalue weighted by Crippen LogP contribution is -2.27. The van der Waals surface area contributed by atoms with Crippen LogP contribution in [0.25, 0.3) is 0 Å². The zero-order valence-corrected chi connectivity index (χ0v) is 13.2. The minimum Gasteiger partial charge on any atom is -0.265 e. The summed E-state index contributed by atoms with van der Waals surface area (Å²) in [6.07, 6.45) is 3.81. The number of nitrogens with zero attached hydrogens (tertiary/aromatic N) is 1. The molecule has 1 N–H and O–H groups in total. The van der Waals surface area contributed by atoms with E-state index in [9.17, 15) is 8.42 Å². The minimum absolute atomic E-state index is 0.0709. The lowest BCUT2D eigenvalue weighted by Gasteiger charge is -2.08. The predicted molar refractivity (Wildman–Crippen MR) is 82.7 cm³/mol. The van der Waals surface area contributed by atoms with Crippen LogP contribution in [0.1, 0.15) is 11.1 Å². The van der Waals surface area contributed by atoms with E-state index in [0.717, 1.165) is 15.6 Å². The van der Waals surface area contributed by atoms with Crippen LogP contribution in [0, 0.1) is 0 Å². The second kappa shape index (κ2) is 6.97. The highest BCUT2D eigenvalue weighted by molar-refractivity contribution is 9.10. The van der Waals surface area contributed by atoms with Gasteiger partial charge in [-0.25, -0.2) is 13.1 Å². The molecule has 1 heterocycles. The molecule has 0 saturated heterocycles. The van der Waals surface area contributed by atoms with Crippen molar-refractivity contribution in [3.8, 4) is 0 Å². The monoisotopic (exact) mass is 354 g/mol. The average Bonchev–Trinajstić information content (AvgIpc) is 2.46. The zero-order valence-electron chi connectivity index (χ0n) is 10.8. The first-order valence-corrected chi connectivity index (χ1v) is 8.61. The van der Waals surface area contributed by atoms with E-state index >= 15 is 0 Å². The van der Waals surface area contributed by atoms with Gasteiger partial charge in [-0.2, -0.15) is 0 Å². The summed E-state index contributed by atoms with van der Waals surface area (Å²) >= 11 is 3.40. The number of aromatic nitrogens is 1. The van der Waals surface area contributed by atoms with Gasteiger partial charge in [-0.1, -0.05) is 34.1 Å². The van der Waals surface area contributed by atoms with E-state index < -0.39 is 10.0 Å². The van der Waals surface area contributed by atoms with E-state index in [0.29, 0.717) is 13.0 Å². The number of benzene rings is 1. The SMILES string of the molecule is O=S(=O)(CCc1ccncc1)NCc1ccccc1Br. The Labute approximate surface area is 127 Å². The third kappa shape index (κ3) is 4.70. The van der Waals surface area contributed by atoms with Crippen LogP contribution in [0.4, 0.5) is 0 Å². The van der Waals surface area contributed by atoms with E-state index in [2.05, 4.69) is 25.6 Å². The van der Waals surface area contributed by atoms with Crippen molar-refractivity contribution in [2.24, 2.45) is 0 Å². The van der Waals surface area contributed by atoms with Crippen molar-refractivity contribution in [3.63, 3.8) is 0 Å². The number of halogens is 1. The first-order chi connectivity index (χ1) is 9.57. The molecule has 0 amide bonds. The highest BCUT2D eigenvalue weighted by Gasteiger charge is 2.11. The maximum absolute atomic E-state index is 11.9. The van der Waals surface area contributed by atoms with Gasteiger partial charge in [-0.05, 0) is 35.7 Å². The Kier molecular flexibility index (Phi) is 5.28. The van der Waals surface area contributed by atoms with Crippen LogP contribution in [-0.4, -0.2) is 19.2 Å². The fourth-order valence-electron chi connectivity index (χ4n) is 1.70. The van der Waals surface area contributed by atoms with Crippen LogP contribution in [0.3, 0.4) is 0 Å². The Balaban J connectivity index is 1.90. The molecule has 1 aromatic heterocycles. The minimum atomic E-state index is -3.29. The van der Waals surface area contributed by atoms with Gasteiger partial charge < -0.3 is 0 Å². The molecule has 6 heteroatoms. The number of aryl methyl sites for hydroxylation is 1. The van der Waals surface area contributed by atoms with Gasteiger partial charge in [0.1, 0.15) is 0 Å². The largest absolute Gasteiger partial charge is 0.265 e. The molecule has 4 nitrogen and oxygen atoms in total. The van der Waals surface area contributed by atoms with E-state index in [4.69, 9.17) is 0 Å². The van der Waals surface area contributed by atoms with E-state index in [1.54, 1.807) is 12.4 Å². The normalized spacial score (nSPS) is 11.4. The molecule has 0 saturated carbocycles. The smallest absolute Gasteiger partial charge is 0.212 e. The van der Waals surface area contributed by atoms with Crippen molar-refractivity contribution in [1.29, 1.82) is 0 Å². The molecule has 2 aromatic rings. The first-order valence-electron chi connectivity index (χ1n) is 6.16. The van der Waals surface area contributed by atoms with Crippen molar-refractivity contribution in [2.75, 3.05) is 5.75 Å². The molecular formula is C14H15BrN2O2S. The molecule has 1 aromatic carbocycles. The van der Waals surface area contributed by atoms with Gasteiger partial charge in [0.2, 0.25) is 10.0 Å². The molecule has 2 rings (SSSR count). The summed E-state index contributed by atoms with van der Waals surface area (Å²) in [6.45, 7) is 0.292. The van der Waals surface area contributed by atoms with Gasteiger partial charge in [0.25, 0.3) is 0 Å². The molecule has 0 bridgehead atoms. The molecule has 0 aliphatic heterocycles. The lowest BCUT2D eigenvalue weighted by molar-refractivity contribution is 0.580. The Morgan fingerprint density at radius 2 is 1.80 bits per heavy atom. The molecule has 0 aliphatic carbocycles. The van der Waals surface area contributed by atoms with Crippen molar-refractivity contribution >= 4 is 26.0 Å². The maximum Gasteiger partial charge on any atom is 0.212 e.